The highest BCUT2D eigenvalue weighted by Gasteiger charge is 2.12. The molecule has 0 saturated carbocycles. The second kappa shape index (κ2) is 7.28. The lowest BCUT2D eigenvalue weighted by atomic mass is 10.1. The third-order valence-corrected chi connectivity index (χ3v) is 4.94. The van der Waals surface area contributed by atoms with E-state index in [1.54, 1.807) is 6.07 Å². The number of thioether (sulfide) groups is 1. The summed E-state index contributed by atoms with van der Waals surface area (Å²) in [6.07, 6.45) is 0. The quantitative estimate of drug-likeness (QED) is 0.716. The van der Waals surface area contributed by atoms with Crippen LogP contribution in [-0.4, -0.2) is 21.2 Å². The van der Waals surface area contributed by atoms with Gasteiger partial charge in [-0.25, -0.2) is 4.98 Å². The second-order valence-corrected chi connectivity index (χ2v) is 7.13. The standard InChI is InChI=1S/C18H18ClN3OS/c1-3-24-11-12-4-6-13(7-5-12)17(23)21-18-20-15-10-14(19)8-9-16(15)22(18)2/h4-10H,3,11H2,1-2H3,(H,20,21,23). The maximum absolute atomic E-state index is 12.4. The number of amides is 1. The Hall–Kier alpha value is -1.98. The number of nitrogens with zero attached hydrogens (tertiary/aromatic N) is 2. The minimum absolute atomic E-state index is 0.172. The summed E-state index contributed by atoms with van der Waals surface area (Å²) < 4.78 is 1.84. The van der Waals surface area contributed by atoms with Crippen molar-refractivity contribution < 1.29 is 4.79 Å². The van der Waals surface area contributed by atoms with Gasteiger partial charge in [0.2, 0.25) is 5.95 Å². The van der Waals surface area contributed by atoms with Crippen molar-refractivity contribution in [1.29, 1.82) is 0 Å². The molecular formula is C18H18ClN3OS. The number of benzene rings is 2. The first kappa shape index (κ1) is 16.9. The molecule has 1 N–H and O–H groups in total. The lowest BCUT2D eigenvalue weighted by molar-refractivity contribution is 0.102. The van der Waals surface area contributed by atoms with Crippen molar-refractivity contribution in [2.24, 2.45) is 7.05 Å². The van der Waals surface area contributed by atoms with Gasteiger partial charge in [-0.05, 0) is 41.6 Å². The molecule has 0 aliphatic carbocycles. The van der Waals surface area contributed by atoms with Crippen LogP contribution in [0.5, 0.6) is 0 Å². The second-order valence-electron chi connectivity index (χ2n) is 5.42. The van der Waals surface area contributed by atoms with Crippen molar-refractivity contribution in [2.45, 2.75) is 12.7 Å². The fraction of sp³-hybridized carbons (Fsp3) is 0.222. The van der Waals surface area contributed by atoms with Gasteiger partial charge >= 0.3 is 0 Å². The van der Waals surface area contributed by atoms with Crippen LogP contribution in [-0.2, 0) is 12.8 Å². The summed E-state index contributed by atoms with van der Waals surface area (Å²) >= 11 is 7.85. The summed E-state index contributed by atoms with van der Waals surface area (Å²) in [6.45, 7) is 2.14. The van der Waals surface area contributed by atoms with E-state index in [0.717, 1.165) is 22.5 Å². The third-order valence-electron chi connectivity index (χ3n) is 3.76. The molecule has 6 heteroatoms. The van der Waals surface area contributed by atoms with E-state index in [1.165, 1.54) is 5.56 Å². The third kappa shape index (κ3) is 3.57. The van der Waals surface area contributed by atoms with Gasteiger partial charge in [-0.3, -0.25) is 10.1 Å². The number of carbonyl (C=O) groups excluding carboxylic acids is 1. The first-order valence-corrected chi connectivity index (χ1v) is 9.21. The van der Waals surface area contributed by atoms with E-state index in [9.17, 15) is 4.79 Å². The number of aromatic nitrogens is 2. The molecule has 1 aromatic heterocycles. The number of hydrogen-bond donors (Lipinski definition) is 1. The van der Waals surface area contributed by atoms with E-state index in [1.807, 2.05) is 59.8 Å². The average molecular weight is 360 g/mol. The van der Waals surface area contributed by atoms with E-state index >= 15 is 0 Å². The first-order chi connectivity index (χ1) is 11.6. The van der Waals surface area contributed by atoms with Crippen molar-refractivity contribution in [3.05, 3.63) is 58.6 Å². The van der Waals surface area contributed by atoms with Crippen LogP contribution in [0.2, 0.25) is 5.02 Å². The Morgan fingerprint density at radius 2 is 2.00 bits per heavy atom. The molecule has 0 atom stereocenters. The van der Waals surface area contributed by atoms with E-state index in [0.29, 0.717) is 16.5 Å². The largest absolute Gasteiger partial charge is 0.313 e. The van der Waals surface area contributed by atoms with Crippen LogP contribution >= 0.6 is 23.4 Å². The van der Waals surface area contributed by atoms with Crippen LogP contribution in [0.25, 0.3) is 11.0 Å². The molecule has 4 nitrogen and oxygen atoms in total. The number of imidazole rings is 1. The lowest BCUT2D eigenvalue weighted by Crippen LogP contribution is -2.15. The maximum Gasteiger partial charge on any atom is 0.257 e. The average Bonchev–Trinajstić information content (AvgIpc) is 2.88. The molecule has 1 amide bonds. The van der Waals surface area contributed by atoms with Gasteiger partial charge in [-0.15, -0.1) is 0 Å². The van der Waals surface area contributed by atoms with Gasteiger partial charge in [-0.1, -0.05) is 30.7 Å². The molecular weight excluding hydrogens is 342 g/mol. The molecule has 0 spiro atoms. The molecule has 0 bridgehead atoms. The minimum atomic E-state index is -0.172. The summed E-state index contributed by atoms with van der Waals surface area (Å²) in [7, 11) is 1.87. The Morgan fingerprint density at radius 3 is 2.71 bits per heavy atom. The monoisotopic (exact) mass is 359 g/mol. The van der Waals surface area contributed by atoms with E-state index < -0.39 is 0 Å². The van der Waals surface area contributed by atoms with Gasteiger partial charge in [0, 0.05) is 23.4 Å². The Labute approximate surface area is 150 Å². The van der Waals surface area contributed by atoms with Crippen LogP contribution in [0.4, 0.5) is 5.95 Å². The van der Waals surface area contributed by atoms with Crippen LogP contribution in [0.3, 0.4) is 0 Å². The van der Waals surface area contributed by atoms with Crippen LogP contribution in [0.1, 0.15) is 22.8 Å². The minimum Gasteiger partial charge on any atom is -0.313 e. The Morgan fingerprint density at radius 1 is 1.25 bits per heavy atom. The molecule has 0 fully saturated rings. The smallest absolute Gasteiger partial charge is 0.257 e. The molecule has 0 aliphatic heterocycles. The van der Waals surface area contributed by atoms with Crippen molar-refractivity contribution in [3.63, 3.8) is 0 Å². The fourth-order valence-electron chi connectivity index (χ4n) is 2.43. The maximum atomic E-state index is 12.4. The highest BCUT2D eigenvalue weighted by Crippen LogP contribution is 2.22. The van der Waals surface area contributed by atoms with Crippen molar-refractivity contribution >= 4 is 46.3 Å². The van der Waals surface area contributed by atoms with Gasteiger partial charge in [0.15, 0.2) is 0 Å². The van der Waals surface area contributed by atoms with Gasteiger partial charge in [0.25, 0.3) is 5.91 Å². The Bertz CT molecular complexity index is 874. The molecule has 124 valence electrons. The molecule has 2 aromatic carbocycles. The molecule has 0 aliphatic rings. The zero-order valence-corrected chi connectivity index (χ0v) is 15.1. The van der Waals surface area contributed by atoms with Crippen LogP contribution < -0.4 is 5.32 Å². The number of fused-ring (bicyclic) bond motifs is 1. The molecule has 3 rings (SSSR count). The summed E-state index contributed by atoms with van der Waals surface area (Å²) in [4.78, 5) is 16.9. The topological polar surface area (TPSA) is 46.9 Å². The summed E-state index contributed by atoms with van der Waals surface area (Å²) in [6, 6.07) is 13.2. The predicted octanol–water partition coefficient (Wildman–Crippen LogP) is 4.73. The Kier molecular flexibility index (Phi) is 5.11. The molecule has 24 heavy (non-hydrogen) atoms. The molecule has 0 saturated heterocycles. The van der Waals surface area contributed by atoms with Gasteiger partial charge in [-0.2, -0.15) is 11.8 Å². The number of halogens is 1. The highest BCUT2D eigenvalue weighted by atomic mass is 35.5. The number of aryl methyl sites for hydroxylation is 1. The number of anilines is 1. The first-order valence-electron chi connectivity index (χ1n) is 7.68. The predicted molar refractivity (Wildman–Crippen MR) is 102 cm³/mol. The van der Waals surface area contributed by atoms with Crippen LogP contribution in [0, 0.1) is 0 Å². The van der Waals surface area contributed by atoms with E-state index in [2.05, 4.69) is 17.2 Å². The zero-order valence-electron chi connectivity index (χ0n) is 13.5. The molecule has 3 aromatic rings. The van der Waals surface area contributed by atoms with Crippen molar-refractivity contribution in [3.8, 4) is 0 Å². The van der Waals surface area contributed by atoms with E-state index in [4.69, 9.17) is 11.6 Å². The summed E-state index contributed by atoms with van der Waals surface area (Å²) in [5, 5.41) is 3.49. The molecule has 1 heterocycles. The summed E-state index contributed by atoms with van der Waals surface area (Å²) in [5.74, 6) is 2.38. The number of nitrogens with one attached hydrogen (secondary N) is 1. The fourth-order valence-corrected chi connectivity index (χ4v) is 3.23. The van der Waals surface area contributed by atoms with E-state index in [-0.39, 0.29) is 5.91 Å². The zero-order chi connectivity index (χ0) is 17.1. The van der Waals surface area contributed by atoms with Crippen molar-refractivity contribution in [2.75, 3.05) is 11.1 Å². The summed E-state index contributed by atoms with van der Waals surface area (Å²) in [5.41, 5.74) is 3.51. The van der Waals surface area contributed by atoms with Crippen molar-refractivity contribution in [1.82, 2.24) is 9.55 Å². The SMILES string of the molecule is CCSCc1ccc(C(=O)Nc2nc3cc(Cl)ccc3n2C)cc1. The normalized spacial score (nSPS) is 11.0. The number of carbonyl (C=O) groups is 1. The highest BCUT2D eigenvalue weighted by molar-refractivity contribution is 7.98. The number of rotatable bonds is 5. The molecule has 0 radical (unpaired) electrons. The molecule has 0 unspecified atom stereocenters. The lowest BCUT2D eigenvalue weighted by Gasteiger charge is -2.06. The Balaban J connectivity index is 1.78. The van der Waals surface area contributed by atoms with Crippen LogP contribution in [0.15, 0.2) is 42.5 Å². The van der Waals surface area contributed by atoms with Gasteiger partial charge in [0.1, 0.15) is 0 Å². The number of hydrogen-bond acceptors (Lipinski definition) is 3. The van der Waals surface area contributed by atoms with Gasteiger partial charge < -0.3 is 4.57 Å². The van der Waals surface area contributed by atoms with Gasteiger partial charge in [0.05, 0.1) is 11.0 Å².